The van der Waals surface area contributed by atoms with E-state index in [4.69, 9.17) is 16.6 Å². The molecular formula is C24H17ClN4OS. The van der Waals surface area contributed by atoms with Crippen molar-refractivity contribution in [2.45, 2.75) is 4.90 Å². The number of nitrogens with zero attached hydrogens (tertiary/aromatic N) is 2. The quantitative estimate of drug-likeness (QED) is 0.333. The fraction of sp³-hybridized carbons (Fsp3) is 0. The van der Waals surface area contributed by atoms with Gasteiger partial charge in [0.2, 0.25) is 0 Å². The van der Waals surface area contributed by atoms with E-state index in [1.165, 1.54) is 0 Å². The monoisotopic (exact) mass is 444 g/mol. The summed E-state index contributed by atoms with van der Waals surface area (Å²) in [6, 6.07) is 28.7. The summed E-state index contributed by atoms with van der Waals surface area (Å²) >= 11 is 6.05. The molecule has 0 radical (unpaired) electrons. The van der Waals surface area contributed by atoms with Crippen molar-refractivity contribution in [2.24, 2.45) is 0 Å². The van der Waals surface area contributed by atoms with Crippen molar-refractivity contribution in [3.63, 3.8) is 0 Å². The van der Waals surface area contributed by atoms with Crippen molar-refractivity contribution in [1.29, 1.82) is 0 Å². The van der Waals surface area contributed by atoms with Crippen molar-refractivity contribution in [3.8, 4) is 0 Å². The average molecular weight is 445 g/mol. The van der Waals surface area contributed by atoms with Gasteiger partial charge in [0.15, 0.2) is 22.6 Å². The maximum atomic E-state index is 12.9. The first-order valence-corrected chi connectivity index (χ1v) is 11.2. The van der Waals surface area contributed by atoms with E-state index in [9.17, 15) is 4.21 Å². The largest absolute Gasteiger partial charge is 0.337 e. The molecule has 1 unspecified atom stereocenters. The van der Waals surface area contributed by atoms with Gasteiger partial charge in [-0.05, 0) is 53.2 Å². The zero-order valence-corrected chi connectivity index (χ0v) is 17.8. The van der Waals surface area contributed by atoms with Gasteiger partial charge < -0.3 is 5.32 Å². The zero-order valence-electron chi connectivity index (χ0n) is 16.2. The van der Waals surface area contributed by atoms with Crippen LogP contribution in [0.3, 0.4) is 0 Å². The highest BCUT2D eigenvalue weighted by Gasteiger charge is 2.13. The molecule has 0 amide bonds. The first kappa shape index (κ1) is 19.5. The lowest BCUT2D eigenvalue weighted by Gasteiger charge is -2.13. The van der Waals surface area contributed by atoms with Crippen molar-refractivity contribution in [1.82, 2.24) is 9.97 Å². The molecule has 0 aliphatic rings. The molecule has 1 aromatic heterocycles. The first-order valence-electron chi connectivity index (χ1n) is 9.62. The molecule has 4 aromatic carbocycles. The summed E-state index contributed by atoms with van der Waals surface area (Å²) < 4.78 is 15.9. The summed E-state index contributed by atoms with van der Waals surface area (Å²) in [6.45, 7) is 0. The van der Waals surface area contributed by atoms with Crippen molar-refractivity contribution >= 4 is 61.7 Å². The number of para-hydroxylation sites is 2. The summed E-state index contributed by atoms with van der Waals surface area (Å²) in [7, 11) is -1.56. The standard InChI is InChI=1S/C24H17ClN4OS/c25-18-8-5-9-20(15-18)31(30)29-24-23(27-21-10-3-4-11-22(21)28-24)26-19-13-12-16-6-1-2-7-17(16)14-19/h1-15H,(H,26,27)(H,28,29). The van der Waals surface area contributed by atoms with Crippen LogP contribution in [0.2, 0.25) is 5.02 Å². The van der Waals surface area contributed by atoms with E-state index >= 15 is 0 Å². The van der Waals surface area contributed by atoms with Gasteiger partial charge in [0.25, 0.3) is 0 Å². The van der Waals surface area contributed by atoms with Crippen LogP contribution >= 0.6 is 11.6 Å². The predicted octanol–water partition coefficient (Wildman–Crippen LogP) is 6.31. The van der Waals surface area contributed by atoms with Gasteiger partial charge >= 0.3 is 0 Å². The van der Waals surface area contributed by atoms with E-state index in [0.29, 0.717) is 27.1 Å². The van der Waals surface area contributed by atoms with Crippen LogP contribution in [0.25, 0.3) is 21.8 Å². The Kier molecular flexibility index (Phi) is 5.24. The highest BCUT2D eigenvalue weighted by Crippen LogP contribution is 2.28. The SMILES string of the molecule is O=S(Nc1nc2ccccc2nc1Nc1ccc2ccccc2c1)c1cccc(Cl)c1. The van der Waals surface area contributed by atoms with Crippen LogP contribution in [0.15, 0.2) is 95.9 Å². The van der Waals surface area contributed by atoms with Gasteiger partial charge in [0.05, 0.1) is 15.9 Å². The molecule has 0 aliphatic heterocycles. The van der Waals surface area contributed by atoms with Crippen LogP contribution in [-0.2, 0) is 11.0 Å². The van der Waals surface area contributed by atoms with Crippen LogP contribution in [0.4, 0.5) is 17.3 Å². The third-order valence-corrected chi connectivity index (χ3v) is 6.08. The Balaban J connectivity index is 1.54. The molecule has 5 rings (SSSR count). The molecule has 0 aliphatic carbocycles. The first-order chi connectivity index (χ1) is 15.2. The second kappa shape index (κ2) is 8.34. The number of hydrogen-bond donors (Lipinski definition) is 2. The number of hydrogen-bond acceptors (Lipinski definition) is 4. The fourth-order valence-electron chi connectivity index (χ4n) is 3.29. The number of aromatic nitrogens is 2. The molecule has 0 spiro atoms. The number of halogens is 1. The van der Waals surface area contributed by atoms with E-state index in [1.54, 1.807) is 24.3 Å². The normalized spacial score (nSPS) is 12.0. The number of anilines is 3. The number of benzene rings is 4. The van der Waals surface area contributed by atoms with Gasteiger partial charge in [-0.15, -0.1) is 0 Å². The van der Waals surface area contributed by atoms with Crippen LogP contribution in [0.5, 0.6) is 0 Å². The lowest BCUT2D eigenvalue weighted by molar-refractivity contribution is 0.686. The van der Waals surface area contributed by atoms with Crippen molar-refractivity contribution in [3.05, 3.63) is 96.0 Å². The van der Waals surface area contributed by atoms with Gasteiger partial charge in [-0.1, -0.05) is 60.1 Å². The summed E-state index contributed by atoms with van der Waals surface area (Å²) in [5, 5.41) is 6.11. The molecule has 1 heterocycles. The van der Waals surface area contributed by atoms with Crippen LogP contribution in [0.1, 0.15) is 0 Å². The molecule has 152 valence electrons. The van der Waals surface area contributed by atoms with Gasteiger partial charge in [-0.3, -0.25) is 4.72 Å². The molecule has 7 heteroatoms. The molecular weight excluding hydrogens is 428 g/mol. The summed E-state index contributed by atoms with van der Waals surface area (Å²) in [4.78, 5) is 9.93. The zero-order chi connectivity index (χ0) is 21.2. The number of fused-ring (bicyclic) bond motifs is 2. The minimum Gasteiger partial charge on any atom is -0.337 e. The van der Waals surface area contributed by atoms with Gasteiger partial charge in [0.1, 0.15) is 0 Å². The number of rotatable bonds is 5. The smallest absolute Gasteiger partial charge is 0.182 e. The predicted molar refractivity (Wildman–Crippen MR) is 128 cm³/mol. The Morgan fingerprint density at radius 1 is 0.710 bits per heavy atom. The third-order valence-electron chi connectivity index (χ3n) is 4.78. The maximum Gasteiger partial charge on any atom is 0.182 e. The maximum absolute atomic E-state index is 12.9. The highest BCUT2D eigenvalue weighted by molar-refractivity contribution is 7.86. The van der Waals surface area contributed by atoms with E-state index in [-0.39, 0.29) is 0 Å². The lowest BCUT2D eigenvalue weighted by Crippen LogP contribution is -2.10. The Bertz CT molecular complexity index is 1440. The highest BCUT2D eigenvalue weighted by atomic mass is 35.5. The van der Waals surface area contributed by atoms with E-state index < -0.39 is 11.0 Å². The van der Waals surface area contributed by atoms with Gasteiger partial charge in [0, 0.05) is 10.7 Å². The van der Waals surface area contributed by atoms with E-state index in [0.717, 1.165) is 22.0 Å². The van der Waals surface area contributed by atoms with E-state index in [2.05, 4.69) is 27.2 Å². The molecule has 2 N–H and O–H groups in total. The molecule has 5 aromatic rings. The fourth-order valence-corrected chi connectivity index (χ4v) is 4.42. The molecule has 31 heavy (non-hydrogen) atoms. The van der Waals surface area contributed by atoms with Gasteiger partial charge in [-0.25, -0.2) is 14.2 Å². The molecule has 0 saturated carbocycles. The van der Waals surface area contributed by atoms with Gasteiger partial charge in [-0.2, -0.15) is 0 Å². The Morgan fingerprint density at radius 3 is 2.19 bits per heavy atom. The Labute approximate surface area is 186 Å². The topological polar surface area (TPSA) is 66.9 Å². The van der Waals surface area contributed by atoms with Crippen molar-refractivity contribution < 1.29 is 4.21 Å². The number of nitrogens with one attached hydrogen (secondary N) is 2. The molecule has 5 nitrogen and oxygen atoms in total. The Hall–Kier alpha value is -3.48. The minimum absolute atomic E-state index is 0.394. The summed E-state index contributed by atoms with van der Waals surface area (Å²) in [6.07, 6.45) is 0. The van der Waals surface area contributed by atoms with E-state index in [1.807, 2.05) is 54.6 Å². The second-order valence-electron chi connectivity index (χ2n) is 6.92. The average Bonchev–Trinajstić information content (AvgIpc) is 2.79. The van der Waals surface area contributed by atoms with Crippen LogP contribution in [0, 0.1) is 0 Å². The summed E-state index contributed by atoms with van der Waals surface area (Å²) in [5.74, 6) is 0.884. The Morgan fingerprint density at radius 2 is 1.42 bits per heavy atom. The van der Waals surface area contributed by atoms with Crippen molar-refractivity contribution in [2.75, 3.05) is 10.0 Å². The molecule has 0 saturated heterocycles. The minimum atomic E-state index is -1.56. The summed E-state index contributed by atoms with van der Waals surface area (Å²) in [5.41, 5.74) is 2.31. The molecule has 0 fully saturated rings. The van der Waals surface area contributed by atoms with Crippen LogP contribution in [-0.4, -0.2) is 14.2 Å². The molecule has 1 atom stereocenters. The third kappa shape index (κ3) is 4.21. The lowest BCUT2D eigenvalue weighted by atomic mass is 10.1. The molecule has 0 bridgehead atoms. The van der Waals surface area contributed by atoms with Crippen LogP contribution < -0.4 is 10.0 Å². The second-order valence-corrected chi connectivity index (χ2v) is 8.57.